The second kappa shape index (κ2) is 7.03. The van der Waals surface area contributed by atoms with Crippen LogP contribution in [0.5, 0.6) is 0 Å². The van der Waals surface area contributed by atoms with Crippen molar-refractivity contribution in [3.05, 3.63) is 48.2 Å². The Kier molecular flexibility index (Phi) is 5.40. The van der Waals surface area contributed by atoms with Gasteiger partial charge in [0.1, 0.15) is 6.04 Å². The van der Waals surface area contributed by atoms with Crippen LogP contribution in [0.1, 0.15) is 53.5 Å². The summed E-state index contributed by atoms with van der Waals surface area (Å²) in [6, 6.07) is 9.74. The molecule has 4 heteroatoms. The standard InChI is InChI=1S/C21H30N2O2/c1-15(2)21(17-10-8-7-9-11-17)12-13-23(16(3)24)18(14-21)19(25)22-20(4,5)6/h7-13,15,18H,14H2,1-6H3,(H,22,25)/t18-,21+/m0/s1. The number of nitrogens with one attached hydrogen (secondary N) is 1. The van der Waals surface area contributed by atoms with Crippen molar-refractivity contribution in [2.24, 2.45) is 5.92 Å². The third-order valence-corrected chi connectivity index (χ3v) is 4.91. The van der Waals surface area contributed by atoms with Gasteiger partial charge in [0.05, 0.1) is 0 Å². The number of amides is 2. The van der Waals surface area contributed by atoms with Gasteiger partial charge in [0.25, 0.3) is 0 Å². The van der Waals surface area contributed by atoms with Crippen molar-refractivity contribution in [3.8, 4) is 0 Å². The normalized spacial score (nSPS) is 23.6. The first-order valence-corrected chi connectivity index (χ1v) is 8.92. The van der Waals surface area contributed by atoms with Gasteiger partial charge in [-0.25, -0.2) is 0 Å². The molecule has 25 heavy (non-hydrogen) atoms. The van der Waals surface area contributed by atoms with E-state index in [1.807, 2.05) is 39.0 Å². The Morgan fingerprint density at radius 1 is 1.20 bits per heavy atom. The van der Waals surface area contributed by atoms with E-state index < -0.39 is 6.04 Å². The number of hydrogen-bond acceptors (Lipinski definition) is 2. The van der Waals surface area contributed by atoms with Crippen molar-refractivity contribution in [1.82, 2.24) is 10.2 Å². The minimum atomic E-state index is -0.510. The molecule has 0 radical (unpaired) electrons. The molecular weight excluding hydrogens is 312 g/mol. The fourth-order valence-corrected chi connectivity index (χ4v) is 3.52. The number of hydrogen-bond donors (Lipinski definition) is 1. The van der Waals surface area contributed by atoms with Crippen molar-refractivity contribution in [2.75, 3.05) is 0 Å². The molecule has 0 aliphatic carbocycles. The highest BCUT2D eigenvalue weighted by molar-refractivity contribution is 5.88. The Hall–Kier alpha value is -2.10. The fraction of sp³-hybridized carbons (Fsp3) is 0.524. The van der Waals surface area contributed by atoms with Gasteiger partial charge in [0, 0.05) is 24.1 Å². The zero-order chi connectivity index (χ0) is 18.8. The van der Waals surface area contributed by atoms with E-state index in [9.17, 15) is 9.59 Å². The highest BCUT2D eigenvalue weighted by Gasteiger charge is 2.43. The summed E-state index contributed by atoms with van der Waals surface area (Å²) in [5.74, 6) is 0.0777. The van der Waals surface area contributed by atoms with Crippen LogP contribution in [0.2, 0.25) is 0 Å². The third kappa shape index (κ3) is 4.12. The number of benzene rings is 1. The smallest absolute Gasteiger partial charge is 0.243 e. The van der Waals surface area contributed by atoms with E-state index in [1.54, 1.807) is 11.1 Å². The van der Waals surface area contributed by atoms with Crippen LogP contribution < -0.4 is 5.32 Å². The molecule has 1 aromatic rings. The van der Waals surface area contributed by atoms with Crippen LogP contribution in [0.25, 0.3) is 0 Å². The summed E-state index contributed by atoms with van der Waals surface area (Å²) < 4.78 is 0. The summed E-state index contributed by atoms with van der Waals surface area (Å²) in [7, 11) is 0. The van der Waals surface area contributed by atoms with E-state index in [-0.39, 0.29) is 22.8 Å². The summed E-state index contributed by atoms with van der Waals surface area (Å²) in [4.78, 5) is 26.6. The molecule has 1 aromatic carbocycles. The summed E-state index contributed by atoms with van der Waals surface area (Å²) in [5.41, 5.74) is 0.569. The quantitative estimate of drug-likeness (QED) is 0.912. The minimum absolute atomic E-state index is 0.104. The Balaban J connectivity index is 2.47. The Bertz CT molecular complexity index is 658. The van der Waals surface area contributed by atoms with Gasteiger partial charge in [-0.1, -0.05) is 50.3 Å². The van der Waals surface area contributed by atoms with Crippen LogP contribution in [-0.4, -0.2) is 28.3 Å². The van der Waals surface area contributed by atoms with Crippen molar-refractivity contribution in [2.45, 2.75) is 65.0 Å². The number of nitrogens with zero attached hydrogens (tertiary/aromatic N) is 1. The van der Waals surface area contributed by atoms with Crippen molar-refractivity contribution in [1.29, 1.82) is 0 Å². The zero-order valence-electron chi connectivity index (χ0n) is 16.2. The second-order valence-corrected chi connectivity index (χ2v) is 8.26. The van der Waals surface area contributed by atoms with Gasteiger partial charge in [-0.3, -0.25) is 9.59 Å². The van der Waals surface area contributed by atoms with Crippen LogP contribution in [0.15, 0.2) is 42.6 Å². The molecule has 0 saturated carbocycles. The molecule has 136 valence electrons. The third-order valence-electron chi connectivity index (χ3n) is 4.91. The number of carbonyl (C=O) groups excluding carboxylic acids is 2. The maximum Gasteiger partial charge on any atom is 0.243 e. The van der Waals surface area contributed by atoms with Crippen LogP contribution in [0.4, 0.5) is 0 Å². The maximum absolute atomic E-state index is 12.9. The molecule has 0 saturated heterocycles. The molecule has 2 rings (SSSR count). The molecule has 0 fully saturated rings. The predicted octanol–water partition coefficient (Wildman–Crippen LogP) is 3.63. The minimum Gasteiger partial charge on any atom is -0.350 e. The number of allylic oxidation sites excluding steroid dienone is 1. The van der Waals surface area contributed by atoms with Crippen molar-refractivity contribution < 1.29 is 9.59 Å². The maximum atomic E-state index is 12.9. The van der Waals surface area contributed by atoms with Gasteiger partial charge in [0.2, 0.25) is 11.8 Å². The molecule has 1 aliphatic heterocycles. The van der Waals surface area contributed by atoms with E-state index >= 15 is 0 Å². The molecule has 1 N–H and O–H groups in total. The lowest BCUT2D eigenvalue weighted by Gasteiger charge is -2.44. The zero-order valence-corrected chi connectivity index (χ0v) is 16.2. The molecule has 2 atom stereocenters. The van der Waals surface area contributed by atoms with Gasteiger partial charge >= 0.3 is 0 Å². The van der Waals surface area contributed by atoms with Gasteiger partial charge in [-0.15, -0.1) is 0 Å². The molecule has 4 nitrogen and oxygen atoms in total. The number of rotatable bonds is 3. The Morgan fingerprint density at radius 2 is 1.80 bits per heavy atom. The van der Waals surface area contributed by atoms with E-state index in [1.165, 1.54) is 12.5 Å². The molecule has 0 spiro atoms. The Morgan fingerprint density at radius 3 is 2.28 bits per heavy atom. The average Bonchev–Trinajstić information content (AvgIpc) is 2.53. The van der Waals surface area contributed by atoms with Crippen LogP contribution >= 0.6 is 0 Å². The molecule has 0 unspecified atom stereocenters. The van der Waals surface area contributed by atoms with Crippen LogP contribution in [-0.2, 0) is 15.0 Å². The molecule has 1 aliphatic rings. The van der Waals surface area contributed by atoms with Crippen molar-refractivity contribution in [3.63, 3.8) is 0 Å². The average molecular weight is 342 g/mol. The summed E-state index contributed by atoms with van der Waals surface area (Å²) in [5, 5.41) is 3.04. The highest BCUT2D eigenvalue weighted by Crippen LogP contribution is 2.42. The molecule has 0 aromatic heterocycles. The summed E-state index contributed by atoms with van der Waals surface area (Å²) in [6.07, 6.45) is 4.47. The number of carbonyl (C=O) groups is 2. The predicted molar refractivity (Wildman–Crippen MR) is 101 cm³/mol. The summed E-state index contributed by atoms with van der Waals surface area (Å²) in [6.45, 7) is 11.7. The van der Waals surface area contributed by atoms with Gasteiger partial charge in [-0.05, 0) is 38.7 Å². The van der Waals surface area contributed by atoms with Gasteiger partial charge in [-0.2, -0.15) is 0 Å². The fourth-order valence-electron chi connectivity index (χ4n) is 3.52. The lowest BCUT2D eigenvalue weighted by atomic mass is 9.66. The molecular formula is C21H30N2O2. The molecule has 0 bridgehead atoms. The van der Waals surface area contributed by atoms with E-state index in [4.69, 9.17) is 0 Å². The highest BCUT2D eigenvalue weighted by atomic mass is 16.2. The first-order valence-electron chi connectivity index (χ1n) is 8.92. The lowest BCUT2D eigenvalue weighted by Crippen LogP contribution is -2.56. The summed E-state index contributed by atoms with van der Waals surface area (Å²) >= 11 is 0. The van der Waals surface area contributed by atoms with Crippen LogP contribution in [0.3, 0.4) is 0 Å². The van der Waals surface area contributed by atoms with E-state index in [0.717, 1.165) is 0 Å². The lowest BCUT2D eigenvalue weighted by molar-refractivity contribution is -0.138. The molecule has 2 amide bonds. The van der Waals surface area contributed by atoms with Gasteiger partial charge in [0.15, 0.2) is 0 Å². The first kappa shape index (κ1) is 19.2. The monoisotopic (exact) mass is 342 g/mol. The van der Waals surface area contributed by atoms with E-state index in [0.29, 0.717) is 12.3 Å². The largest absolute Gasteiger partial charge is 0.350 e. The van der Waals surface area contributed by atoms with E-state index in [2.05, 4.69) is 37.4 Å². The SMILES string of the molecule is CC(=O)N1C=C[C@](c2ccccc2)(C(C)C)C[C@H]1C(=O)NC(C)(C)C. The topological polar surface area (TPSA) is 49.4 Å². The first-order chi connectivity index (χ1) is 11.6. The van der Waals surface area contributed by atoms with Crippen molar-refractivity contribution >= 4 is 11.8 Å². The molecule has 1 heterocycles. The van der Waals surface area contributed by atoms with Gasteiger partial charge < -0.3 is 10.2 Å². The van der Waals surface area contributed by atoms with Crippen LogP contribution in [0, 0.1) is 5.92 Å². The second-order valence-electron chi connectivity index (χ2n) is 8.26. The Labute approximate surface area is 151 Å².